The Morgan fingerprint density at radius 3 is 2.67 bits per heavy atom. The maximum atomic E-state index is 12.1. The van der Waals surface area contributed by atoms with Crippen molar-refractivity contribution in [3.63, 3.8) is 0 Å². The van der Waals surface area contributed by atoms with Crippen LogP contribution in [0.5, 0.6) is 0 Å². The molecule has 3 atom stereocenters. The second-order valence-corrected chi connectivity index (χ2v) is 11.7. The first kappa shape index (κ1) is 23.7. The number of imidazole rings is 1. The number of anilines is 1. The number of aryl methyl sites for hydroxylation is 1. The number of hydrogen-bond donors (Lipinski definition) is 2. The number of nitrogens with one attached hydrogen (secondary N) is 1. The highest BCUT2D eigenvalue weighted by Crippen LogP contribution is 2.35. The Bertz CT molecular complexity index is 1290. The number of carbonyl (C=O) groups is 1. The number of fused-ring (bicyclic) bond motifs is 2. The van der Waals surface area contributed by atoms with Gasteiger partial charge in [0.15, 0.2) is 0 Å². The summed E-state index contributed by atoms with van der Waals surface area (Å²) in [5, 5.41) is 14.4. The first-order chi connectivity index (χ1) is 17.4. The SMILES string of the molecule is Cc1ccc2c(c1)nc(C(C)C)n2C1CCN(CC2Cc3ccc(NC(=O)C4CC4)cc3C2)C[C@H]1O. The number of carbonyl (C=O) groups excluding carboxylic acids is 1. The number of rotatable bonds is 6. The van der Waals surface area contributed by atoms with E-state index in [0.29, 0.717) is 18.4 Å². The third kappa shape index (κ3) is 4.57. The Labute approximate surface area is 213 Å². The molecule has 0 bridgehead atoms. The van der Waals surface area contributed by atoms with Crippen molar-refractivity contribution < 1.29 is 9.90 Å². The van der Waals surface area contributed by atoms with Gasteiger partial charge in [0.05, 0.1) is 23.2 Å². The second kappa shape index (κ2) is 9.31. The Hall–Kier alpha value is -2.70. The third-order valence-electron chi connectivity index (χ3n) is 8.31. The van der Waals surface area contributed by atoms with Gasteiger partial charge in [-0.15, -0.1) is 0 Å². The summed E-state index contributed by atoms with van der Waals surface area (Å²) in [6.45, 7) is 9.17. The number of likely N-dealkylation sites (tertiary alicyclic amines) is 1. The van der Waals surface area contributed by atoms with Gasteiger partial charge in [-0.1, -0.05) is 26.0 Å². The van der Waals surface area contributed by atoms with Crippen molar-refractivity contribution in [2.24, 2.45) is 11.8 Å². The van der Waals surface area contributed by atoms with E-state index in [2.05, 4.69) is 72.0 Å². The largest absolute Gasteiger partial charge is 0.390 e. The minimum absolute atomic E-state index is 0.0600. The summed E-state index contributed by atoms with van der Waals surface area (Å²) in [6, 6.07) is 12.9. The molecule has 1 amide bonds. The van der Waals surface area contributed by atoms with Crippen LogP contribution in [0.1, 0.15) is 67.6 Å². The van der Waals surface area contributed by atoms with Gasteiger partial charge in [0.1, 0.15) is 5.82 Å². The number of amides is 1. The molecule has 2 aliphatic carbocycles. The van der Waals surface area contributed by atoms with Crippen molar-refractivity contribution in [3.8, 4) is 0 Å². The molecule has 0 radical (unpaired) electrons. The summed E-state index contributed by atoms with van der Waals surface area (Å²) < 4.78 is 2.32. The molecule has 1 aromatic heterocycles. The van der Waals surface area contributed by atoms with Crippen LogP contribution in [0.25, 0.3) is 11.0 Å². The first-order valence-electron chi connectivity index (χ1n) is 13.7. The van der Waals surface area contributed by atoms with Gasteiger partial charge >= 0.3 is 0 Å². The van der Waals surface area contributed by atoms with Crippen molar-refractivity contribution in [1.29, 1.82) is 0 Å². The maximum Gasteiger partial charge on any atom is 0.227 e. The van der Waals surface area contributed by atoms with E-state index in [0.717, 1.165) is 67.7 Å². The molecule has 1 saturated heterocycles. The number of aromatic nitrogens is 2. The predicted octanol–water partition coefficient (Wildman–Crippen LogP) is 4.84. The van der Waals surface area contributed by atoms with Crippen LogP contribution < -0.4 is 5.32 Å². The molecule has 2 fully saturated rings. The summed E-state index contributed by atoms with van der Waals surface area (Å²) in [5.74, 6) is 2.33. The van der Waals surface area contributed by atoms with Gasteiger partial charge in [-0.3, -0.25) is 4.79 Å². The summed E-state index contributed by atoms with van der Waals surface area (Å²) in [5.41, 5.74) is 7.09. The van der Waals surface area contributed by atoms with Crippen molar-refractivity contribution in [2.45, 2.75) is 70.9 Å². The monoisotopic (exact) mass is 486 g/mol. The number of β-amino-alcohol motifs (C(OH)–C–C–N with tert-alkyl or cyclic N) is 1. The van der Waals surface area contributed by atoms with Crippen molar-refractivity contribution in [3.05, 3.63) is 58.9 Å². The molecule has 190 valence electrons. The molecule has 6 rings (SSSR count). The minimum Gasteiger partial charge on any atom is -0.390 e. The summed E-state index contributed by atoms with van der Waals surface area (Å²) in [4.78, 5) is 19.6. The van der Waals surface area contributed by atoms with Crippen LogP contribution in [0.15, 0.2) is 36.4 Å². The highest BCUT2D eigenvalue weighted by Gasteiger charge is 2.34. The molecule has 2 aromatic carbocycles. The van der Waals surface area contributed by atoms with Gasteiger partial charge in [-0.25, -0.2) is 4.98 Å². The van der Waals surface area contributed by atoms with Gasteiger partial charge in [0.2, 0.25) is 5.91 Å². The maximum absolute atomic E-state index is 12.1. The topological polar surface area (TPSA) is 70.4 Å². The third-order valence-corrected chi connectivity index (χ3v) is 8.31. The zero-order valence-electron chi connectivity index (χ0n) is 21.7. The van der Waals surface area contributed by atoms with Crippen molar-refractivity contribution in [2.75, 3.05) is 25.0 Å². The summed E-state index contributed by atoms with van der Waals surface area (Å²) >= 11 is 0. The molecule has 3 aliphatic rings. The fourth-order valence-corrected chi connectivity index (χ4v) is 6.31. The Kier molecular flexibility index (Phi) is 6.12. The quantitative estimate of drug-likeness (QED) is 0.523. The highest BCUT2D eigenvalue weighted by atomic mass is 16.3. The molecular formula is C30H38N4O2. The Balaban J connectivity index is 1.11. The standard InChI is InChI=1S/C30H38N4O2/c1-18(2)29-32-25-12-19(3)4-9-26(25)34(29)27-10-11-33(17-28(27)35)16-20-13-22-7-8-24(15-23(22)14-20)31-30(36)21-5-6-21/h4,7-9,12,15,18,20-21,27-28,35H,5-6,10-11,13-14,16-17H2,1-3H3,(H,31,36)/t20?,27?,28-/m1/s1. The molecule has 2 unspecified atom stereocenters. The molecule has 1 aliphatic heterocycles. The van der Waals surface area contributed by atoms with E-state index in [4.69, 9.17) is 4.98 Å². The van der Waals surface area contributed by atoms with Crippen molar-refractivity contribution >= 4 is 22.6 Å². The van der Waals surface area contributed by atoms with E-state index >= 15 is 0 Å². The lowest BCUT2D eigenvalue weighted by Gasteiger charge is -2.38. The van der Waals surface area contributed by atoms with Crippen LogP contribution in [0.3, 0.4) is 0 Å². The molecule has 6 heteroatoms. The van der Waals surface area contributed by atoms with E-state index in [1.807, 2.05) is 0 Å². The second-order valence-electron chi connectivity index (χ2n) is 11.7. The molecule has 3 aromatic rings. The summed E-state index contributed by atoms with van der Waals surface area (Å²) in [7, 11) is 0. The average molecular weight is 487 g/mol. The van der Waals surface area contributed by atoms with E-state index in [9.17, 15) is 9.90 Å². The summed E-state index contributed by atoms with van der Waals surface area (Å²) in [6.07, 6.45) is 4.68. The number of hydrogen-bond acceptors (Lipinski definition) is 4. The van der Waals surface area contributed by atoms with Crippen molar-refractivity contribution in [1.82, 2.24) is 14.5 Å². The molecule has 2 heterocycles. The van der Waals surface area contributed by atoms with Crippen LogP contribution in [0.4, 0.5) is 5.69 Å². The molecule has 2 N–H and O–H groups in total. The Morgan fingerprint density at radius 2 is 1.92 bits per heavy atom. The average Bonchev–Trinajstić information content (AvgIpc) is 3.52. The lowest BCUT2D eigenvalue weighted by Crippen LogP contribution is -2.46. The fraction of sp³-hybridized carbons (Fsp3) is 0.533. The molecule has 1 saturated carbocycles. The highest BCUT2D eigenvalue weighted by molar-refractivity contribution is 5.94. The zero-order chi connectivity index (χ0) is 25.0. The van der Waals surface area contributed by atoms with Gasteiger partial charge in [-0.2, -0.15) is 0 Å². The number of benzene rings is 2. The van der Waals surface area contributed by atoms with Crippen LogP contribution in [0, 0.1) is 18.8 Å². The smallest absolute Gasteiger partial charge is 0.227 e. The van der Waals surface area contributed by atoms with Crippen LogP contribution in [0.2, 0.25) is 0 Å². The van der Waals surface area contributed by atoms with Crippen LogP contribution in [-0.4, -0.2) is 51.2 Å². The first-order valence-corrected chi connectivity index (χ1v) is 13.7. The van der Waals surface area contributed by atoms with E-state index in [1.54, 1.807) is 0 Å². The van der Waals surface area contributed by atoms with E-state index in [-0.39, 0.29) is 17.9 Å². The van der Waals surface area contributed by atoms with Gasteiger partial charge in [0.25, 0.3) is 0 Å². The number of aliphatic hydroxyl groups excluding tert-OH is 1. The molecular weight excluding hydrogens is 448 g/mol. The number of aliphatic hydroxyl groups is 1. The van der Waals surface area contributed by atoms with E-state index < -0.39 is 6.10 Å². The Morgan fingerprint density at radius 1 is 1.11 bits per heavy atom. The lowest BCUT2D eigenvalue weighted by molar-refractivity contribution is -0.117. The normalized spacial score (nSPS) is 24.4. The molecule has 0 spiro atoms. The van der Waals surface area contributed by atoms with Crippen LogP contribution >= 0.6 is 0 Å². The molecule has 6 nitrogen and oxygen atoms in total. The van der Waals surface area contributed by atoms with E-state index in [1.165, 1.54) is 16.7 Å². The molecule has 36 heavy (non-hydrogen) atoms. The number of piperidine rings is 1. The predicted molar refractivity (Wildman–Crippen MR) is 143 cm³/mol. The van der Waals surface area contributed by atoms with Gasteiger partial charge < -0.3 is 19.9 Å². The minimum atomic E-state index is -0.414. The zero-order valence-corrected chi connectivity index (χ0v) is 21.7. The van der Waals surface area contributed by atoms with Crippen LogP contribution in [-0.2, 0) is 17.6 Å². The lowest BCUT2D eigenvalue weighted by atomic mass is 9.98. The van der Waals surface area contributed by atoms with Gasteiger partial charge in [-0.05, 0) is 85.9 Å². The fourth-order valence-electron chi connectivity index (χ4n) is 6.31. The van der Waals surface area contributed by atoms with Gasteiger partial charge in [0, 0.05) is 37.2 Å². The number of nitrogens with zero attached hydrogens (tertiary/aromatic N) is 3.